The third-order valence-corrected chi connectivity index (χ3v) is 16.8. The molecule has 2 aromatic heterocycles. The molecule has 0 bridgehead atoms. The Morgan fingerprint density at radius 1 is 0.309 bits per heavy atom. The van der Waals surface area contributed by atoms with E-state index in [1.54, 1.807) is 0 Å². The third-order valence-electron chi connectivity index (χ3n) is 15.6. The van der Waals surface area contributed by atoms with E-state index in [-0.39, 0.29) is 11.1 Å². The Hall–Kier alpha value is -0.880. The normalized spacial score (nSPS) is 12.7. The highest BCUT2D eigenvalue weighted by molar-refractivity contribution is 9.10. The molecule has 6 heteroatoms. The number of aryl methyl sites for hydroxylation is 2. The summed E-state index contributed by atoms with van der Waals surface area (Å²) in [5.41, 5.74) is 1.82. The number of hydrogen-bond donors (Lipinski definition) is 0. The number of unbranched alkanes of at least 4 members (excludes halogenated alkanes) is 34. The molecular weight excluding hydrogens is 965 g/mol. The van der Waals surface area contributed by atoms with Gasteiger partial charge in [0.2, 0.25) is 0 Å². The zero-order chi connectivity index (χ0) is 49.1. The summed E-state index contributed by atoms with van der Waals surface area (Å²) in [6.45, 7) is 10.6. The van der Waals surface area contributed by atoms with Crippen LogP contribution < -0.4 is 11.1 Å². The molecule has 0 aromatic carbocycles. The second-order valence-electron chi connectivity index (χ2n) is 21.9. The van der Waals surface area contributed by atoms with Gasteiger partial charge in [-0.25, -0.2) is 0 Å². The Morgan fingerprint density at radius 3 is 0.721 bits per heavy atom. The molecule has 4 nitrogen and oxygen atoms in total. The number of pyridine rings is 2. The van der Waals surface area contributed by atoms with Gasteiger partial charge in [0, 0.05) is 13.1 Å². The minimum atomic E-state index is 0.0197. The predicted octanol–water partition coefficient (Wildman–Crippen LogP) is 21.9. The number of nitrogens with zero attached hydrogens (tertiary/aromatic N) is 2. The fourth-order valence-corrected chi connectivity index (χ4v) is 12.0. The van der Waals surface area contributed by atoms with Gasteiger partial charge in [-0.05, 0) is 68.7 Å². The summed E-state index contributed by atoms with van der Waals surface area (Å²) in [7, 11) is 0. The smallest absolute Gasteiger partial charge is 0.265 e. The van der Waals surface area contributed by atoms with Gasteiger partial charge in [-0.1, -0.05) is 310 Å². The topological polar surface area (TPSA) is 44.0 Å². The molecule has 0 saturated heterocycles. The second-order valence-corrected chi connectivity index (χ2v) is 23.6. The Kier molecular flexibility index (Phi) is 41.7. The maximum absolute atomic E-state index is 13.8. The maximum atomic E-state index is 13.8. The summed E-state index contributed by atoms with van der Waals surface area (Å²) in [6, 6.07) is 3.84. The number of hydrogen-bond acceptors (Lipinski definition) is 2. The van der Waals surface area contributed by atoms with Crippen molar-refractivity contribution in [2.75, 3.05) is 0 Å². The van der Waals surface area contributed by atoms with Crippen molar-refractivity contribution in [2.24, 2.45) is 11.8 Å². The number of halogens is 2. The molecular formula is C62H112Br2N2O2. The van der Waals surface area contributed by atoms with Crippen LogP contribution >= 0.6 is 31.9 Å². The molecule has 2 atom stereocenters. The lowest BCUT2D eigenvalue weighted by molar-refractivity contribution is 0.363. The highest BCUT2D eigenvalue weighted by atomic mass is 79.9. The van der Waals surface area contributed by atoms with E-state index < -0.39 is 0 Å². The van der Waals surface area contributed by atoms with E-state index in [1.807, 2.05) is 21.3 Å². The fraction of sp³-hybridized carbons (Fsp3) is 0.871. The quantitative estimate of drug-likeness (QED) is 0.0620. The Labute approximate surface area is 439 Å². The summed E-state index contributed by atoms with van der Waals surface area (Å²) >= 11 is 7.29. The van der Waals surface area contributed by atoms with Crippen LogP contribution in [0.1, 0.15) is 323 Å². The van der Waals surface area contributed by atoms with E-state index >= 15 is 0 Å². The molecule has 396 valence electrons. The van der Waals surface area contributed by atoms with Crippen molar-refractivity contribution in [3.63, 3.8) is 0 Å². The van der Waals surface area contributed by atoms with Gasteiger partial charge in [-0.2, -0.15) is 0 Å². The van der Waals surface area contributed by atoms with Crippen LogP contribution in [-0.4, -0.2) is 9.13 Å². The largest absolute Gasteiger partial charge is 0.306 e. The van der Waals surface area contributed by atoms with Crippen LogP contribution in [-0.2, 0) is 13.1 Å². The molecule has 2 heterocycles. The van der Waals surface area contributed by atoms with Gasteiger partial charge in [0.25, 0.3) is 11.1 Å². The van der Waals surface area contributed by atoms with Crippen molar-refractivity contribution in [3.05, 3.63) is 41.8 Å². The number of fused-ring (bicyclic) bond motifs is 1. The maximum Gasteiger partial charge on any atom is 0.265 e. The lowest BCUT2D eigenvalue weighted by Crippen LogP contribution is -2.27. The average Bonchev–Trinajstić information content (AvgIpc) is 3.33. The summed E-state index contributed by atoms with van der Waals surface area (Å²) in [4.78, 5) is 27.5. The Morgan fingerprint density at radius 2 is 0.500 bits per heavy atom. The van der Waals surface area contributed by atoms with E-state index in [0.29, 0.717) is 22.0 Å². The van der Waals surface area contributed by atoms with Crippen molar-refractivity contribution in [1.29, 1.82) is 0 Å². The van der Waals surface area contributed by atoms with E-state index in [9.17, 15) is 9.59 Å². The first-order chi connectivity index (χ1) is 33.4. The molecule has 2 rings (SSSR count). The highest BCUT2D eigenvalue weighted by Gasteiger charge is 2.16. The first-order valence-electron chi connectivity index (χ1n) is 30.5. The number of rotatable bonds is 50. The van der Waals surface area contributed by atoms with E-state index in [1.165, 1.54) is 270 Å². The van der Waals surface area contributed by atoms with Gasteiger partial charge < -0.3 is 9.13 Å². The van der Waals surface area contributed by atoms with Crippen molar-refractivity contribution in [1.82, 2.24) is 9.13 Å². The standard InChI is InChI=1S/C62H112Br2N2O2/c1-5-9-13-17-21-25-27-31-35-39-47-55(45-37-33-29-23-19-15-11-7-3)49-41-43-51-65-59-53-58(64)62(68)66(60(59)54-57(63)61(65)67)52-44-42-50-56(46-38-34-30-24-20-16-12-8-4)48-40-36-32-28-26-22-18-14-10-6-2/h53-56H,5-52H2,1-4H3. The average molecular weight is 1080 g/mol. The van der Waals surface area contributed by atoms with Crippen molar-refractivity contribution >= 4 is 42.9 Å². The Bertz CT molecular complexity index is 1450. The molecule has 2 aromatic rings. The molecule has 0 aliphatic heterocycles. The van der Waals surface area contributed by atoms with E-state index in [2.05, 4.69) is 59.6 Å². The summed E-state index contributed by atoms with van der Waals surface area (Å²) in [5.74, 6) is 1.60. The van der Waals surface area contributed by atoms with Crippen LogP contribution in [0.3, 0.4) is 0 Å². The Balaban J connectivity index is 1.99. The van der Waals surface area contributed by atoms with Crippen LogP contribution in [0.25, 0.3) is 11.0 Å². The molecule has 0 radical (unpaired) electrons. The zero-order valence-corrected chi connectivity index (χ0v) is 48.9. The minimum absolute atomic E-state index is 0.0197. The van der Waals surface area contributed by atoms with E-state index in [4.69, 9.17) is 0 Å². The van der Waals surface area contributed by atoms with Gasteiger partial charge >= 0.3 is 0 Å². The molecule has 0 amide bonds. The van der Waals surface area contributed by atoms with Crippen LogP contribution in [0, 0.1) is 11.8 Å². The van der Waals surface area contributed by atoms with E-state index in [0.717, 1.165) is 48.6 Å². The van der Waals surface area contributed by atoms with Gasteiger partial charge in [-0.15, -0.1) is 0 Å². The zero-order valence-electron chi connectivity index (χ0n) is 45.7. The summed E-state index contributed by atoms with van der Waals surface area (Å²) in [6.07, 6.45) is 62.4. The molecule has 0 aliphatic carbocycles. The summed E-state index contributed by atoms with van der Waals surface area (Å²) < 4.78 is 5.05. The lowest BCUT2D eigenvalue weighted by Gasteiger charge is -2.19. The van der Waals surface area contributed by atoms with Crippen LogP contribution in [0.4, 0.5) is 0 Å². The molecule has 0 N–H and O–H groups in total. The molecule has 0 saturated carbocycles. The lowest BCUT2D eigenvalue weighted by atomic mass is 9.89. The number of aromatic nitrogens is 2. The molecule has 0 aliphatic rings. The molecule has 0 spiro atoms. The van der Waals surface area contributed by atoms with Gasteiger partial charge in [0.05, 0.1) is 20.0 Å². The second kappa shape index (κ2) is 44.8. The van der Waals surface area contributed by atoms with Crippen molar-refractivity contribution in [3.8, 4) is 0 Å². The van der Waals surface area contributed by atoms with Crippen LogP contribution in [0.2, 0.25) is 0 Å². The van der Waals surface area contributed by atoms with Crippen LogP contribution in [0.15, 0.2) is 30.7 Å². The molecule has 0 fully saturated rings. The first-order valence-corrected chi connectivity index (χ1v) is 32.1. The SMILES string of the molecule is CCCCCCCCCCCCC(CCCCCCCCCC)CCCCn1c(=O)c(Br)cc2c1cc(Br)c(=O)n2CCCCC(CCCCCCCCCC)CCCCCCCCCCCC. The van der Waals surface area contributed by atoms with Gasteiger partial charge in [-0.3, -0.25) is 9.59 Å². The van der Waals surface area contributed by atoms with Crippen LogP contribution in [0.5, 0.6) is 0 Å². The first kappa shape index (κ1) is 63.2. The highest BCUT2D eigenvalue weighted by Crippen LogP contribution is 2.28. The third kappa shape index (κ3) is 30.9. The van der Waals surface area contributed by atoms with Gasteiger partial charge in [0.15, 0.2) is 0 Å². The predicted molar refractivity (Wildman–Crippen MR) is 310 cm³/mol. The molecule has 2 unspecified atom stereocenters. The van der Waals surface area contributed by atoms with Gasteiger partial charge in [0.1, 0.15) is 0 Å². The summed E-state index contributed by atoms with van der Waals surface area (Å²) in [5, 5.41) is 0. The molecule has 68 heavy (non-hydrogen) atoms. The minimum Gasteiger partial charge on any atom is -0.306 e. The monoisotopic (exact) mass is 1070 g/mol. The van der Waals surface area contributed by atoms with Crippen molar-refractivity contribution < 1.29 is 0 Å². The van der Waals surface area contributed by atoms with Crippen molar-refractivity contribution in [2.45, 2.75) is 336 Å². The fourth-order valence-electron chi connectivity index (χ4n) is 11.1.